The van der Waals surface area contributed by atoms with Crippen LogP contribution in [0.15, 0.2) is 42.6 Å². The van der Waals surface area contributed by atoms with E-state index in [1.807, 2.05) is 11.1 Å². The fraction of sp³-hybridized carbons (Fsp3) is 0.452. The third kappa shape index (κ3) is 6.05. The number of halogens is 1. The summed E-state index contributed by atoms with van der Waals surface area (Å²) in [6.45, 7) is 13.1. The number of nitrogens with one attached hydrogen (secondary N) is 2. The Morgan fingerprint density at radius 2 is 1.95 bits per heavy atom. The van der Waals surface area contributed by atoms with Gasteiger partial charge in [-0.25, -0.2) is 9.37 Å². The van der Waals surface area contributed by atoms with Gasteiger partial charge in [0.25, 0.3) is 5.91 Å². The smallest absolute Gasteiger partial charge is 0.256 e. The summed E-state index contributed by atoms with van der Waals surface area (Å²) < 4.78 is 20.5. The number of ether oxygens (including phenoxy) is 1. The van der Waals surface area contributed by atoms with Gasteiger partial charge in [0.1, 0.15) is 11.6 Å². The van der Waals surface area contributed by atoms with E-state index in [1.54, 1.807) is 17.0 Å². The van der Waals surface area contributed by atoms with Crippen LogP contribution in [0.4, 0.5) is 27.5 Å². The molecule has 216 valence electrons. The van der Waals surface area contributed by atoms with Crippen molar-refractivity contribution in [3.05, 3.63) is 70.7 Å². The van der Waals surface area contributed by atoms with Crippen LogP contribution in [0.2, 0.25) is 0 Å². The highest BCUT2D eigenvalue weighted by Crippen LogP contribution is 2.34. The van der Waals surface area contributed by atoms with E-state index in [1.165, 1.54) is 17.2 Å². The van der Waals surface area contributed by atoms with Crippen LogP contribution in [-0.2, 0) is 17.7 Å². The van der Waals surface area contributed by atoms with Crippen molar-refractivity contribution in [3.8, 4) is 0 Å². The predicted molar refractivity (Wildman–Crippen MR) is 158 cm³/mol. The first-order valence-electron chi connectivity index (χ1n) is 14.4. The molecule has 0 saturated carbocycles. The van der Waals surface area contributed by atoms with Crippen molar-refractivity contribution >= 4 is 29.0 Å². The number of aryl methyl sites for hydroxylation is 1. The fourth-order valence-corrected chi connectivity index (χ4v) is 5.91. The lowest BCUT2D eigenvalue weighted by Crippen LogP contribution is -2.56. The first-order valence-corrected chi connectivity index (χ1v) is 14.4. The summed E-state index contributed by atoms with van der Waals surface area (Å²) in [6.07, 6.45) is 2.61. The van der Waals surface area contributed by atoms with Crippen LogP contribution < -0.4 is 15.5 Å². The molecular weight excluding hydrogens is 521 g/mol. The van der Waals surface area contributed by atoms with Crippen LogP contribution in [0.25, 0.3) is 0 Å². The first kappa shape index (κ1) is 27.6. The summed E-state index contributed by atoms with van der Waals surface area (Å²) in [6, 6.07) is 11.2. The Labute approximate surface area is 240 Å². The van der Waals surface area contributed by atoms with Crippen molar-refractivity contribution in [2.75, 3.05) is 62.7 Å². The molecule has 0 unspecified atom stereocenters. The normalized spacial score (nSPS) is 18.8. The number of aromatic nitrogens is 2. The fourth-order valence-electron chi connectivity index (χ4n) is 5.91. The number of carbonyl (C=O) groups excluding carboxylic acids is 1. The summed E-state index contributed by atoms with van der Waals surface area (Å²) in [5.74, 6) is 0.420. The van der Waals surface area contributed by atoms with Crippen LogP contribution in [0.3, 0.4) is 0 Å². The molecule has 1 aromatic heterocycles. The quantitative estimate of drug-likeness (QED) is 0.469. The van der Waals surface area contributed by atoms with Gasteiger partial charge in [-0.3, -0.25) is 9.69 Å². The summed E-state index contributed by atoms with van der Waals surface area (Å²) in [5.41, 5.74) is 5.33. The Balaban J connectivity index is 1.18. The number of carbonyl (C=O) groups is 1. The number of anilines is 4. The van der Waals surface area contributed by atoms with E-state index in [9.17, 15) is 4.79 Å². The lowest BCUT2D eigenvalue weighted by Gasteiger charge is -2.39. The summed E-state index contributed by atoms with van der Waals surface area (Å²) >= 11 is 0. The molecule has 3 aromatic rings. The van der Waals surface area contributed by atoms with Crippen LogP contribution >= 0.6 is 0 Å². The predicted octanol–water partition coefficient (Wildman–Crippen LogP) is 4.02. The molecule has 0 aliphatic carbocycles. The topological polar surface area (TPSA) is 85.9 Å². The summed E-state index contributed by atoms with van der Waals surface area (Å²) in [5, 5.41) is 6.96. The number of rotatable bonds is 6. The lowest BCUT2D eigenvalue weighted by molar-refractivity contribution is 0.0300. The molecule has 9 nitrogen and oxygen atoms in total. The third-order valence-corrected chi connectivity index (χ3v) is 8.14. The maximum atomic E-state index is 15.2. The summed E-state index contributed by atoms with van der Waals surface area (Å²) in [7, 11) is 0. The molecule has 2 N–H and O–H groups in total. The van der Waals surface area contributed by atoms with Crippen LogP contribution in [0.5, 0.6) is 0 Å². The minimum absolute atomic E-state index is 0.0830. The molecule has 2 aromatic carbocycles. The molecule has 2 fully saturated rings. The average Bonchev–Trinajstić information content (AvgIpc) is 3.38. The van der Waals surface area contributed by atoms with Gasteiger partial charge in [0.2, 0.25) is 5.95 Å². The highest BCUT2D eigenvalue weighted by Gasteiger charge is 2.27. The van der Waals surface area contributed by atoms with E-state index in [-0.39, 0.29) is 17.0 Å². The van der Waals surface area contributed by atoms with Gasteiger partial charge in [0, 0.05) is 74.5 Å². The zero-order valence-corrected chi connectivity index (χ0v) is 24.0. The Morgan fingerprint density at radius 1 is 1.12 bits per heavy atom. The van der Waals surface area contributed by atoms with Crippen molar-refractivity contribution in [1.29, 1.82) is 0 Å². The third-order valence-electron chi connectivity index (χ3n) is 8.14. The Bertz CT molecular complexity index is 1440. The van der Waals surface area contributed by atoms with E-state index < -0.39 is 5.82 Å². The maximum Gasteiger partial charge on any atom is 0.256 e. The Morgan fingerprint density at radius 3 is 2.73 bits per heavy atom. The van der Waals surface area contributed by atoms with Gasteiger partial charge >= 0.3 is 0 Å². The van der Waals surface area contributed by atoms with Crippen molar-refractivity contribution in [2.24, 2.45) is 0 Å². The van der Waals surface area contributed by atoms with Gasteiger partial charge in [-0.05, 0) is 68.7 Å². The van der Waals surface area contributed by atoms with Crippen LogP contribution in [0, 0.1) is 12.7 Å². The molecule has 0 spiro atoms. The van der Waals surface area contributed by atoms with Crippen molar-refractivity contribution < 1.29 is 13.9 Å². The molecule has 2 saturated heterocycles. The number of morpholine rings is 1. The van der Waals surface area contributed by atoms with Crippen LogP contribution in [-0.4, -0.2) is 83.7 Å². The molecule has 10 heteroatoms. The largest absolute Gasteiger partial charge is 0.378 e. The second kappa shape index (κ2) is 11.3. The zero-order valence-electron chi connectivity index (χ0n) is 24.0. The van der Waals surface area contributed by atoms with E-state index in [0.29, 0.717) is 44.5 Å². The van der Waals surface area contributed by atoms with E-state index in [4.69, 9.17) is 9.72 Å². The molecule has 3 aliphatic heterocycles. The van der Waals surface area contributed by atoms with E-state index >= 15 is 4.39 Å². The molecule has 0 atom stereocenters. The second-order valence-electron chi connectivity index (χ2n) is 11.8. The molecule has 4 heterocycles. The first-order chi connectivity index (χ1) is 19.8. The van der Waals surface area contributed by atoms with Crippen LogP contribution in [0.1, 0.15) is 40.9 Å². The van der Waals surface area contributed by atoms with Crippen molar-refractivity contribution in [1.82, 2.24) is 25.1 Å². The Kier molecular flexibility index (Phi) is 7.63. The standard InChI is InChI=1S/C31H38FN7O2/c1-21-4-5-24(16-23(21)19-37-11-9-34-31(2,3)20-37)35-30-33-18-22-8-10-39(28(22)36-30)25-6-7-26(27(32)17-25)29(40)38-12-14-41-15-13-38/h4-7,16-18,34H,8-15,19-20H2,1-3H3,(H,33,35,36). The second-order valence-corrected chi connectivity index (χ2v) is 11.8. The molecule has 6 rings (SSSR count). The van der Waals surface area contributed by atoms with Gasteiger partial charge in [0.05, 0.1) is 18.8 Å². The van der Waals surface area contributed by atoms with Crippen molar-refractivity contribution in [3.63, 3.8) is 0 Å². The average molecular weight is 560 g/mol. The molecular formula is C31H38FN7O2. The number of amides is 1. The highest BCUT2D eigenvalue weighted by atomic mass is 19.1. The SMILES string of the molecule is Cc1ccc(Nc2ncc3c(n2)N(c2ccc(C(=O)N4CCOCC4)c(F)c2)CC3)cc1CN1CCNC(C)(C)C1. The number of nitrogens with zero attached hydrogens (tertiary/aromatic N) is 5. The maximum absolute atomic E-state index is 15.2. The number of benzene rings is 2. The van der Waals surface area contributed by atoms with E-state index in [0.717, 1.165) is 49.7 Å². The summed E-state index contributed by atoms with van der Waals surface area (Å²) in [4.78, 5) is 28.3. The highest BCUT2D eigenvalue weighted by molar-refractivity contribution is 5.95. The van der Waals surface area contributed by atoms with Gasteiger partial charge in [-0.1, -0.05) is 6.07 Å². The van der Waals surface area contributed by atoms with Gasteiger partial charge in [-0.2, -0.15) is 4.98 Å². The van der Waals surface area contributed by atoms with Gasteiger partial charge in [-0.15, -0.1) is 0 Å². The zero-order chi connectivity index (χ0) is 28.6. The number of hydrogen-bond donors (Lipinski definition) is 2. The number of piperazine rings is 1. The lowest BCUT2D eigenvalue weighted by atomic mass is 10.0. The minimum Gasteiger partial charge on any atom is -0.378 e. The number of fused-ring (bicyclic) bond motifs is 1. The van der Waals surface area contributed by atoms with E-state index in [2.05, 4.69) is 59.5 Å². The van der Waals surface area contributed by atoms with Gasteiger partial charge in [0.15, 0.2) is 0 Å². The van der Waals surface area contributed by atoms with Gasteiger partial charge < -0.3 is 25.2 Å². The Hall–Kier alpha value is -3.60. The molecule has 0 bridgehead atoms. The minimum atomic E-state index is -0.528. The molecule has 1 amide bonds. The molecule has 41 heavy (non-hydrogen) atoms. The molecule has 0 radical (unpaired) electrons. The molecule has 3 aliphatic rings. The monoisotopic (exact) mass is 559 g/mol. The van der Waals surface area contributed by atoms with Crippen molar-refractivity contribution in [2.45, 2.75) is 39.3 Å². The number of hydrogen-bond acceptors (Lipinski definition) is 8.